The van der Waals surface area contributed by atoms with E-state index in [1.807, 2.05) is 18.2 Å². The molecular weight excluding hydrogens is 553 g/mol. The quantitative estimate of drug-likeness (QED) is 0.146. The van der Waals surface area contributed by atoms with Crippen LogP contribution in [0.2, 0.25) is 10.0 Å². The van der Waals surface area contributed by atoms with Gasteiger partial charge in [-0.25, -0.2) is 4.57 Å². The molecule has 0 aliphatic rings. The first kappa shape index (κ1) is 29.3. The molecule has 8 heteroatoms. The maximum Gasteiger partial charge on any atom is 0.169 e. The second-order valence-corrected chi connectivity index (χ2v) is 7.76. The SMILES string of the molecule is CC[N+](CC)(CC)CCC[n+]1ccc(/C=N/OCc2c(Cl)cccc2Cl)cc1.[Br-].[Br-]. The van der Waals surface area contributed by atoms with Gasteiger partial charge in [0.15, 0.2) is 18.9 Å². The molecule has 0 aliphatic heterocycles. The summed E-state index contributed by atoms with van der Waals surface area (Å²) in [5.74, 6) is 0. The van der Waals surface area contributed by atoms with Crippen LogP contribution in [0.25, 0.3) is 0 Å². The molecule has 0 saturated carbocycles. The summed E-state index contributed by atoms with van der Waals surface area (Å²) >= 11 is 12.2. The molecule has 4 nitrogen and oxygen atoms in total. The van der Waals surface area contributed by atoms with Crippen LogP contribution in [0.1, 0.15) is 38.3 Å². The van der Waals surface area contributed by atoms with Gasteiger partial charge in [0.05, 0.1) is 38.8 Å². The molecule has 0 aliphatic carbocycles. The summed E-state index contributed by atoms with van der Waals surface area (Å²) in [5.41, 5.74) is 1.73. The van der Waals surface area contributed by atoms with Crippen molar-refractivity contribution in [3.05, 3.63) is 63.9 Å². The summed E-state index contributed by atoms with van der Waals surface area (Å²) in [5, 5.41) is 5.19. The van der Waals surface area contributed by atoms with E-state index in [4.69, 9.17) is 28.0 Å². The minimum atomic E-state index is 0. The number of hydrogen-bond acceptors (Lipinski definition) is 2. The summed E-state index contributed by atoms with van der Waals surface area (Å²) in [7, 11) is 0. The molecule has 1 aromatic heterocycles. The van der Waals surface area contributed by atoms with Gasteiger partial charge in [-0.2, -0.15) is 0 Å². The highest BCUT2D eigenvalue weighted by Crippen LogP contribution is 2.24. The van der Waals surface area contributed by atoms with Gasteiger partial charge in [0.25, 0.3) is 0 Å². The van der Waals surface area contributed by atoms with Crippen LogP contribution < -0.4 is 38.5 Å². The van der Waals surface area contributed by atoms with E-state index in [0.29, 0.717) is 10.0 Å². The maximum atomic E-state index is 6.12. The number of benzene rings is 1. The lowest BCUT2D eigenvalue weighted by Crippen LogP contribution is -3.00. The Balaban J connectivity index is 0.00000420. The molecule has 1 heterocycles. The molecule has 168 valence electrons. The van der Waals surface area contributed by atoms with E-state index in [0.717, 1.165) is 17.7 Å². The fourth-order valence-electron chi connectivity index (χ4n) is 3.31. The summed E-state index contributed by atoms with van der Waals surface area (Å²) in [6, 6.07) is 9.46. The molecular formula is C22H31Br2Cl2N3O. The van der Waals surface area contributed by atoms with E-state index in [9.17, 15) is 0 Å². The summed E-state index contributed by atoms with van der Waals surface area (Å²) in [6.45, 7) is 13.0. The zero-order valence-corrected chi connectivity index (χ0v) is 22.5. The van der Waals surface area contributed by atoms with Crippen molar-refractivity contribution in [1.29, 1.82) is 0 Å². The van der Waals surface area contributed by atoms with E-state index < -0.39 is 0 Å². The minimum absolute atomic E-state index is 0. The molecule has 0 atom stereocenters. The van der Waals surface area contributed by atoms with Gasteiger partial charge in [-0.15, -0.1) is 0 Å². The van der Waals surface area contributed by atoms with Gasteiger partial charge in [0, 0.05) is 33.3 Å². The lowest BCUT2D eigenvalue weighted by Gasteiger charge is -2.35. The molecule has 0 N–H and O–H groups in total. The fourth-order valence-corrected chi connectivity index (χ4v) is 3.81. The van der Waals surface area contributed by atoms with E-state index in [-0.39, 0.29) is 40.6 Å². The fraction of sp³-hybridized carbons (Fsp3) is 0.455. The number of rotatable bonds is 11. The van der Waals surface area contributed by atoms with Gasteiger partial charge in [-0.3, -0.25) is 0 Å². The number of aryl methyl sites for hydroxylation is 1. The number of nitrogens with zero attached hydrogens (tertiary/aromatic N) is 3. The lowest BCUT2D eigenvalue weighted by atomic mass is 10.2. The summed E-state index contributed by atoms with van der Waals surface area (Å²) in [6.07, 6.45) is 7.05. The lowest BCUT2D eigenvalue weighted by molar-refractivity contribution is -0.925. The van der Waals surface area contributed by atoms with Crippen molar-refractivity contribution < 1.29 is 47.9 Å². The first-order valence-corrected chi connectivity index (χ1v) is 10.7. The van der Waals surface area contributed by atoms with Crippen LogP contribution in [-0.4, -0.2) is 36.9 Å². The number of hydrogen-bond donors (Lipinski definition) is 0. The predicted octanol–water partition coefficient (Wildman–Crippen LogP) is -0.894. The van der Waals surface area contributed by atoms with Crippen molar-refractivity contribution in [1.82, 2.24) is 0 Å². The molecule has 0 amide bonds. The van der Waals surface area contributed by atoms with E-state index >= 15 is 0 Å². The number of pyridine rings is 1. The average molecular weight is 584 g/mol. The number of oxime groups is 1. The van der Waals surface area contributed by atoms with Crippen molar-refractivity contribution in [3.63, 3.8) is 0 Å². The molecule has 2 aromatic rings. The van der Waals surface area contributed by atoms with E-state index in [1.165, 1.54) is 37.1 Å². The minimum Gasteiger partial charge on any atom is -1.00 e. The standard InChI is InChI=1S/C22H31Cl2N3O.2BrH/c1-4-27(5-2,6-3)16-8-13-26-14-11-19(12-15-26)17-25-28-18-20-21(23)9-7-10-22(20)24;;/h7,9-12,14-15,17H,4-6,8,13,16,18H2,1-3H3;2*1H/q+2;;/p-2/b25-17+;;. The van der Waals surface area contributed by atoms with Crippen LogP contribution in [0, 0.1) is 0 Å². The third kappa shape index (κ3) is 8.83. The average Bonchev–Trinajstić information content (AvgIpc) is 2.72. The monoisotopic (exact) mass is 581 g/mol. The van der Waals surface area contributed by atoms with Crippen molar-refractivity contribution in [2.24, 2.45) is 5.16 Å². The van der Waals surface area contributed by atoms with Crippen molar-refractivity contribution >= 4 is 29.4 Å². The molecule has 0 bridgehead atoms. The number of quaternary nitrogens is 1. The van der Waals surface area contributed by atoms with Crippen LogP contribution in [0.3, 0.4) is 0 Å². The Morgan fingerprint density at radius 1 is 0.967 bits per heavy atom. The molecule has 0 radical (unpaired) electrons. The first-order chi connectivity index (χ1) is 13.5. The number of halogens is 4. The molecule has 0 saturated heterocycles. The zero-order chi connectivity index (χ0) is 20.4. The maximum absolute atomic E-state index is 6.12. The molecule has 0 spiro atoms. The Hall–Kier alpha value is -0.660. The van der Waals surface area contributed by atoms with Crippen LogP contribution in [-0.2, 0) is 18.0 Å². The van der Waals surface area contributed by atoms with Crippen molar-refractivity contribution in [3.8, 4) is 0 Å². The normalized spacial score (nSPS) is 11.1. The zero-order valence-electron chi connectivity index (χ0n) is 17.8. The first-order valence-electron chi connectivity index (χ1n) is 9.96. The topological polar surface area (TPSA) is 25.5 Å². The van der Waals surface area contributed by atoms with Gasteiger partial charge < -0.3 is 43.3 Å². The smallest absolute Gasteiger partial charge is 0.169 e. The Kier molecular flexibility index (Phi) is 14.9. The summed E-state index contributed by atoms with van der Waals surface area (Å²) in [4.78, 5) is 5.35. The predicted molar refractivity (Wildman–Crippen MR) is 117 cm³/mol. The molecule has 1 aromatic carbocycles. The second kappa shape index (κ2) is 15.2. The van der Waals surface area contributed by atoms with Gasteiger partial charge in [0.2, 0.25) is 0 Å². The largest absolute Gasteiger partial charge is 1.00 e. The van der Waals surface area contributed by atoms with Gasteiger partial charge in [-0.1, -0.05) is 34.4 Å². The Morgan fingerprint density at radius 3 is 2.07 bits per heavy atom. The van der Waals surface area contributed by atoms with Crippen LogP contribution in [0.5, 0.6) is 0 Å². The van der Waals surface area contributed by atoms with Crippen LogP contribution >= 0.6 is 23.2 Å². The molecule has 2 rings (SSSR count). The van der Waals surface area contributed by atoms with Crippen LogP contribution in [0.4, 0.5) is 0 Å². The Labute approximate surface area is 211 Å². The van der Waals surface area contributed by atoms with E-state index in [2.05, 4.69) is 42.9 Å². The highest BCUT2D eigenvalue weighted by molar-refractivity contribution is 6.35. The van der Waals surface area contributed by atoms with E-state index in [1.54, 1.807) is 18.3 Å². The van der Waals surface area contributed by atoms with Crippen molar-refractivity contribution in [2.75, 3.05) is 26.2 Å². The van der Waals surface area contributed by atoms with Gasteiger partial charge in [0.1, 0.15) is 6.61 Å². The summed E-state index contributed by atoms with van der Waals surface area (Å²) < 4.78 is 3.41. The molecule has 0 fully saturated rings. The highest BCUT2D eigenvalue weighted by Gasteiger charge is 2.20. The Bertz CT molecular complexity index is 741. The Morgan fingerprint density at radius 2 is 1.53 bits per heavy atom. The second-order valence-electron chi connectivity index (χ2n) is 6.94. The third-order valence-electron chi connectivity index (χ3n) is 5.53. The molecule has 0 unspecified atom stereocenters. The van der Waals surface area contributed by atoms with Crippen molar-refractivity contribution in [2.45, 2.75) is 40.3 Å². The third-order valence-corrected chi connectivity index (χ3v) is 6.23. The highest BCUT2D eigenvalue weighted by atomic mass is 79.9. The van der Waals surface area contributed by atoms with Gasteiger partial charge >= 0.3 is 0 Å². The molecule has 30 heavy (non-hydrogen) atoms. The van der Waals surface area contributed by atoms with Crippen LogP contribution in [0.15, 0.2) is 47.9 Å². The number of aromatic nitrogens is 1. The van der Waals surface area contributed by atoms with Gasteiger partial charge in [-0.05, 0) is 32.9 Å².